The number of carbonyl (C=O) groups is 1. The number of nitrogens with one attached hydrogen (secondary N) is 2. The number of aromatic amines is 1. The summed E-state index contributed by atoms with van der Waals surface area (Å²) < 4.78 is 14.7. The van der Waals surface area contributed by atoms with Crippen molar-refractivity contribution in [1.29, 1.82) is 0 Å². The fourth-order valence-corrected chi connectivity index (χ4v) is 4.32. The number of carboxylic acids is 1. The van der Waals surface area contributed by atoms with Crippen LogP contribution >= 0.6 is 12.4 Å². The molecule has 4 rings (SSSR count). The van der Waals surface area contributed by atoms with Crippen LogP contribution < -0.4 is 5.32 Å². The summed E-state index contributed by atoms with van der Waals surface area (Å²) in [6.07, 6.45) is 5.92. The normalized spacial score (nSPS) is 21.4. The molecule has 25 heavy (non-hydrogen) atoms. The van der Waals surface area contributed by atoms with E-state index in [-0.39, 0.29) is 30.1 Å². The van der Waals surface area contributed by atoms with E-state index in [4.69, 9.17) is 0 Å². The Kier molecular flexibility index (Phi) is 5.29. The van der Waals surface area contributed by atoms with Gasteiger partial charge in [0, 0.05) is 23.1 Å². The highest BCUT2D eigenvalue weighted by Gasteiger charge is 2.29. The van der Waals surface area contributed by atoms with Crippen LogP contribution in [0.15, 0.2) is 6.20 Å². The molecule has 7 heteroatoms. The zero-order valence-corrected chi connectivity index (χ0v) is 14.8. The van der Waals surface area contributed by atoms with Gasteiger partial charge in [-0.1, -0.05) is 0 Å². The molecule has 1 atom stereocenters. The molecule has 0 bridgehead atoms. The van der Waals surface area contributed by atoms with Crippen molar-refractivity contribution in [2.24, 2.45) is 5.92 Å². The first-order chi connectivity index (χ1) is 11.6. The van der Waals surface area contributed by atoms with Crippen molar-refractivity contribution in [3.05, 3.63) is 28.8 Å². The largest absolute Gasteiger partial charge is 0.481 e. The number of hydrogen-bond donors (Lipinski definition) is 3. The quantitative estimate of drug-likeness (QED) is 0.712. The number of nitrogens with zero attached hydrogens (tertiary/aromatic N) is 1. The topological polar surface area (TPSA) is 78.0 Å². The summed E-state index contributed by atoms with van der Waals surface area (Å²) in [6, 6.07) is 0. The molecular formula is C18H23ClFN3O2. The second-order valence-electron chi connectivity index (χ2n) is 6.98. The van der Waals surface area contributed by atoms with Crippen LogP contribution in [0.1, 0.15) is 48.4 Å². The first kappa shape index (κ1) is 18.1. The Balaban J connectivity index is 0.00000182. The van der Waals surface area contributed by atoms with Gasteiger partial charge >= 0.3 is 5.97 Å². The van der Waals surface area contributed by atoms with E-state index in [1.165, 1.54) is 6.20 Å². The number of rotatable bonds is 2. The third-order valence-electron chi connectivity index (χ3n) is 5.53. The lowest BCUT2D eigenvalue weighted by Gasteiger charge is -2.24. The number of aliphatic carboxylic acids is 1. The number of pyridine rings is 1. The van der Waals surface area contributed by atoms with Gasteiger partial charge in [-0.15, -0.1) is 12.4 Å². The summed E-state index contributed by atoms with van der Waals surface area (Å²) in [5.41, 5.74) is 3.52. The Morgan fingerprint density at radius 3 is 2.76 bits per heavy atom. The van der Waals surface area contributed by atoms with Crippen molar-refractivity contribution >= 4 is 29.4 Å². The number of H-pyrrole nitrogens is 1. The molecule has 1 saturated heterocycles. The summed E-state index contributed by atoms with van der Waals surface area (Å²) >= 11 is 0. The molecule has 2 aromatic rings. The van der Waals surface area contributed by atoms with E-state index in [9.17, 15) is 14.3 Å². The molecule has 0 spiro atoms. The van der Waals surface area contributed by atoms with Gasteiger partial charge in [-0.3, -0.25) is 4.79 Å². The van der Waals surface area contributed by atoms with E-state index < -0.39 is 5.97 Å². The van der Waals surface area contributed by atoms with Crippen molar-refractivity contribution < 1.29 is 14.3 Å². The van der Waals surface area contributed by atoms with Crippen molar-refractivity contribution in [2.45, 2.75) is 44.4 Å². The zero-order valence-electron chi connectivity index (χ0n) is 14.0. The monoisotopic (exact) mass is 367 g/mol. The smallest absolute Gasteiger partial charge is 0.306 e. The number of piperidine rings is 1. The molecule has 3 heterocycles. The molecule has 5 nitrogen and oxygen atoms in total. The van der Waals surface area contributed by atoms with E-state index in [1.807, 2.05) is 0 Å². The fraction of sp³-hybridized carbons (Fsp3) is 0.556. The Morgan fingerprint density at radius 2 is 2.04 bits per heavy atom. The van der Waals surface area contributed by atoms with Gasteiger partial charge in [0.15, 0.2) is 0 Å². The van der Waals surface area contributed by atoms with Crippen LogP contribution in [-0.2, 0) is 17.6 Å². The highest BCUT2D eigenvalue weighted by Crippen LogP contribution is 2.38. The molecule has 2 aromatic heterocycles. The Labute approximate surface area is 151 Å². The van der Waals surface area contributed by atoms with Gasteiger partial charge in [-0.25, -0.2) is 9.37 Å². The SMILES string of the molecule is Cl.O=C(O)C1CCCc2c([nH]c3ncc(F)c(C4CCNCC4)c23)C1. The van der Waals surface area contributed by atoms with Crippen LogP contribution in [0.25, 0.3) is 11.0 Å². The number of aryl methyl sites for hydroxylation is 1. The van der Waals surface area contributed by atoms with Crippen molar-refractivity contribution in [3.63, 3.8) is 0 Å². The Bertz CT molecular complexity index is 786. The molecule has 1 aliphatic heterocycles. The maximum atomic E-state index is 14.7. The van der Waals surface area contributed by atoms with Crippen LogP contribution in [0.5, 0.6) is 0 Å². The molecule has 1 unspecified atom stereocenters. The van der Waals surface area contributed by atoms with Crippen LogP contribution in [-0.4, -0.2) is 34.1 Å². The fourth-order valence-electron chi connectivity index (χ4n) is 4.32. The summed E-state index contributed by atoms with van der Waals surface area (Å²) in [5.74, 6) is -1.14. The number of hydrogen-bond acceptors (Lipinski definition) is 3. The highest BCUT2D eigenvalue weighted by molar-refractivity contribution is 5.86. The van der Waals surface area contributed by atoms with Crippen LogP contribution in [0.2, 0.25) is 0 Å². The number of aromatic nitrogens is 2. The predicted molar refractivity (Wildman–Crippen MR) is 95.9 cm³/mol. The Morgan fingerprint density at radius 1 is 1.28 bits per heavy atom. The van der Waals surface area contributed by atoms with Gasteiger partial charge < -0.3 is 15.4 Å². The molecule has 1 fully saturated rings. The van der Waals surface area contributed by atoms with Crippen molar-refractivity contribution in [3.8, 4) is 0 Å². The van der Waals surface area contributed by atoms with Gasteiger partial charge in [0.1, 0.15) is 11.5 Å². The highest BCUT2D eigenvalue weighted by atomic mass is 35.5. The minimum Gasteiger partial charge on any atom is -0.481 e. The standard InChI is InChI=1S/C18H22FN3O2.ClH/c19-13-9-21-17-16(15(13)10-4-6-20-7-5-10)12-3-1-2-11(18(23)24)8-14(12)22-17;/h9-11,20H,1-8H2,(H,21,22)(H,23,24);1H. The van der Waals surface area contributed by atoms with Gasteiger partial charge in [0.05, 0.1) is 12.1 Å². The molecule has 0 saturated carbocycles. The number of fused-ring (bicyclic) bond motifs is 3. The summed E-state index contributed by atoms with van der Waals surface area (Å²) in [5, 5.41) is 13.6. The van der Waals surface area contributed by atoms with E-state index >= 15 is 0 Å². The second kappa shape index (κ2) is 7.30. The van der Waals surface area contributed by atoms with Gasteiger partial charge in [0.25, 0.3) is 0 Å². The lowest BCUT2D eigenvalue weighted by molar-refractivity contribution is -0.141. The van der Waals surface area contributed by atoms with E-state index in [1.54, 1.807) is 0 Å². The first-order valence-corrected chi connectivity index (χ1v) is 8.76. The van der Waals surface area contributed by atoms with Crippen LogP contribution in [0.4, 0.5) is 4.39 Å². The third kappa shape index (κ3) is 3.25. The summed E-state index contributed by atoms with van der Waals surface area (Å²) in [4.78, 5) is 18.9. The molecule has 136 valence electrons. The van der Waals surface area contributed by atoms with Crippen LogP contribution in [0, 0.1) is 11.7 Å². The summed E-state index contributed by atoms with van der Waals surface area (Å²) in [6.45, 7) is 1.81. The maximum Gasteiger partial charge on any atom is 0.306 e. The van der Waals surface area contributed by atoms with Crippen LogP contribution in [0.3, 0.4) is 0 Å². The minimum atomic E-state index is -0.751. The second-order valence-corrected chi connectivity index (χ2v) is 6.98. The number of halogens is 2. The summed E-state index contributed by atoms with van der Waals surface area (Å²) in [7, 11) is 0. The average Bonchev–Trinajstić information content (AvgIpc) is 2.78. The molecular weight excluding hydrogens is 345 g/mol. The predicted octanol–water partition coefficient (Wildman–Crippen LogP) is 3.17. The number of carboxylic acid groups (broad SMARTS) is 1. The van der Waals surface area contributed by atoms with E-state index in [0.717, 1.165) is 61.0 Å². The molecule has 0 amide bonds. The molecule has 1 aliphatic carbocycles. The lowest BCUT2D eigenvalue weighted by Crippen LogP contribution is -2.27. The van der Waals surface area contributed by atoms with Crippen molar-refractivity contribution in [1.82, 2.24) is 15.3 Å². The minimum absolute atomic E-state index is 0. The van der Waals surface area contributed by atoms with E-state index in [0.29, 0.717) is 18.5 Å². The third-order valence-corrected chi connectivity index (χ3v) is 5.53. The average molecular weight is 368 g/mol. The maximum absolute atomic E-state index is 14.7. The van der Waals surface area contributed by atoms with Gasteiger partial charge in [-0.05, 0) is 56.7 Å². The Hall–Kier alpha value is -1.66. The van der Waals surface area contributed by atoms with E-state index in [2.05, 4.69) is 15.3 Å². The molecule has 0 aromatic carbocycles. The first-order valence-electron chi connectivity index (χ1n) is 8.76. The molecule has 0 radical (unpaired) electrons. The van der Waals surface area contributed by atoms with Crippen molar-refractivity contribution in [2.75, 3.05) is 13.1 Å². The lowest BCUT2D eigenvalue weighted by atomic mass is 9.87. The van der Waals surface area contributed by atoms with Gasteiger partial charge in [0.2, 0.25) is 0 Å². The molecule has 2 aliphatic rings. The molecule has 3 N–H and O–H groups in total. The zero-order chi connectivity index (χ0) is 16.7. The van der Waals surface area contributed by atoms with Gasteiger partial charge in [-0.2, -0.15) is 0 Å².